The van der Waals surface area contributed by atoms with Crippen molar-refractivity contribution in [1.82, 2.24) is 5.32 Å². The number of hydrogen-bond donors (Lipinski definition) is 1. The number of ether oxygens (including phenoxy) is 4. The quantitative estimate of drug-likeness (QED) is 0.125. The van der Waals surface area contributed by atoms with E-state index in [-0.39, 0.29) is 49.7 Å². The first-order valence-electron chi connectivity index (χ1n) is 14.9. The number of unbranched alkanes of at least 4 members (excludes halogenated alkanes) is 1. The lowest BCUT2D eigenvalue weighted by atomic mass is 10.1. The summed E-state index contributed by atoms with van der Waals surface area (Å²) in [5, 5.41) is 2.93. The Kier molecular flexibility index (Phi) is 25.6. The molecule has 0 unspecified atom stereocenters. The average molecular weight is 640 g/mol. The molecule has 0 aliphatic heterocycles. The van der Waals surface area contributed by atoms with Gasteiger partial charge in [-0.1, -0.05) is 24.3 Å². The summed E-state index contributed by atoms with van der Waals surface area (Å²) >= 11 is 0. The number of rotatable bonds is 25. The molecule has 1 aromatic rings. The molecule has 0 aromatic heterocycles. The monoisotopic (exact) mass is 638 g/mol. The van der Waals surface area contributed by atoms with Gasteiger partial charge < -0.3 is 45.6 Å². The molecule has 9 nitrogen and oxygen atoms in total. The van der Waals surface area contributed by atoms with Gasteiger partial charge in [0.25, 0.3) is 0 Å². The van der Waals surface area contributed by atoms with Crippen molar-refractivity contribution in [3.05, 3.63) is 35.4 Å². The molecule has 246 valence electrons. The molecule has 1 N–H and O–H groups in total. The van der Waals surface area contributed by atoms with Crippen LogP contribution < -0.4 is 17.7 Å². The molecule has 0 saturated heterocycles. The number of ketones is 1. The van der Waals surface area contributed by atoms with E-state index in [4.69, 9.17) is 18.9 Å². The summed E-state index contributed by atoms with van der Waals surface area (Å²) in [5.74, 6) is 0.0908. The van der Waals surface area contributed by atoms with Crippen molar-refractivity contribution in [3.63, 3.8) is 0 Å². The highest BCUT2D eigenvalue weighted by Crippen LogP contribution is 2.15. The molecule has 0 radical (unpaired) electrons. The number of hydrogen-bond acceptors (Lipinski definition) is 6. The minimum atomic E-state index is -0.0779. The number of nitrogens with zero attached hydrogens (tertiary/aromatic N) is 2. The second-order valence-corrected chi connectivity index (χ2v) is 11.6. The van der Waals surface area contributed by atoms with Crippen LogP contribution in [0.25, 0.3) is 0 Å². The Labute approximate surface area is 267 Å². The van der Waals surface area contributed by atoms with Crippen molar-refractivity contribution in [2.24, 2.45) is 0 Å². The lowest BCUT2D eigenvalue weighted by Gasteiger charge is -2.31. The van der Waals surface area contributed by atoms with E-state index in [2.05, 4.69) is 57.8 Å². The van der Waals surface area contributed by atoms with E-state index in [0.717, 1.165) is 54.4 Å². The van der Waals surface area contributed by atoms with E-state index >= 15 is 0 Å². The van der Waals surface area contributed by atoms with Crippen LogP contribution in [0.5, 0.6) is 0 Å². The van der Waals surface area contributed by atoms with Gasteiger partial charge in [0.15, 0.2) is 5.78 Å². The van der Waals surface area contributed by atoms with Crippen LogP contribution in [-0.2, 0) is 41.6 Å². The maximum Gasteiger partial charge on any atom is 0.246 e. The molecule has 11 heteroatoms. The van der Waals surface area contributed by atoms with Gasteiger partial charge in [-0.15, -0.1) is 12.4 Å². The van der Waals surface area contributed by atoms with Crippen molar-refractivity contribution in [2.75, 3.05) is 101 Å². The van der Waals surface area contributed by atoms with Crippen LogP contribution in [0.1, 0.15) is 50.7 Å². The molecule has 0 saturated carbocycles. The molecule has 0 bridgehead atoms. The normalized spacial score (nSPS) is 11.5. The number of carbonyl (C=O) groups is 2. The molecular formula is C31H58Cl2N3O6+. The highest BCUT2D eigenvalue weighted by atomic mass is 35.5. The van der Waals surface area contributed by atoms with Crippen LogP contribution in [-0.4, -0.2) is 121 Å². The Morgan fingerprint density at radius 3 is 1.64 bits per heavy atom. The van der Waals surface area contributed by atoms with Gasteiger partial charge in [0.2, 0.25) is 5.91 Å². The summed E-state index contributed by atoms with van der Waals surface area (Å²) in [6.45, 7) is 12.0. The Hall–Kier alpha value is -1.30. The number of amides is 1. The van der Waals surface area contributed by atoms with Crippen molar-refractivity contribution in [2.45, 2.75) is 52.6 Å². The SMILES string of the molecule is CCOCCOCC(=O)CCCC[N+](C)(C)Cc1ccc(C[N+](C)(C)CCCNC(=O)COCCOCC)cc1.Cl.[Cl-]. The Morgan fingerprint density at radius 1 is 0.690 bits per heavy atom. The van der Waals surface area contributed by atoms with Crippen LogP contribution in [0.3, 0.4) is 0 Å². The Balaban J connectivity index is 0. The van der Waals surface area contributed by atoms with E-state index in [1.165, 1.54) is 11.1 Å². The van der Waals surface area contributed by atoms with E-state index in [1.54, 1.807) is 0 Å². The molecular weight excluding hydrogens is 581 g/mol. The van der Waals surface area contributed by atoms with Crippen LogP contribution in [0.15, 0.2) is 24.3 Å². The lowest BCUT2D eigenvalue weighted by molar-refractivity contribution is -0.904. The largest absolute Gasteiger partial charge is 1.00 e. The average Bonchev–Trinajstić information content (AvgIpc) is 2.90. The standard InChI is InChI=1S/C31H56N3O6.2ClH/c1-7-37-20-22-39-26-30(35)12-9-10-18-33(3,4)24-28-13-15-29(16-14-28)25-34(5,6)19-11-17-32-31(36)27-40-23-21-38-8-2;;/h13-16H,7-12,17-27H2,1-6H3;2*1H/q+1;;. The highest BCUT2D eigenvalue weighted by Gasteiger charge is 2.18. The van der Waals surface area contributed by atoms with Crippen molar-refractivity contribution < 1.29 is 49.9 Å². The number of benzene rings is 1. The smallest absolute Gasteiger partial charge is 0.246 e. The zero-order valence-corrected chi connectivity index (χ0v) is 28.5. The third-order valence-electron chi connectivity index (χ3n) is 6.62. The summed E-state index contributed by atoms with van der Waals surface area (Å²) < 4.78 is 22.8. The van der Waals surface area contributed by atoms with E-state index in [9.17, 15) is 9.59 Å². The van der Waals surface area contributed by atoms with Gasteiger partial charge in [-0.2, -0.15) is 0 Å². The van der Waals surface area contributed by atoms with Crippen molar-refractivity contribution in [3.8, 4) is 0 Å². The summed E-state index contributed by atoms with van der Waals surface area (Å²) in [7, 11) is 8.95. The zero-order chi connectivity index (χ0) is 29.7. The maximum absolute atomic E-state index is 12.0. The van der Waals surface area contributed by atoms with Gasteiger partial charge in [-0.3, -0.25) is 9.59 Å². The second kappa shape index (κ2) is 25.1. The minimum Gasteiger partial charge on any atom is -1.00 e. The lowest BCUT2D eigenvalue weighted by Crippen LogP contribution is -3.00. The van der Waals surface area contributed by atoms with Gasteiger partial charge in [0.1, 0.15) is 26.3 Å². The Bertz CT molecular complexity index is 758. The first-order valence-corrected chi connectivity index (χ1v) is 14.9. The molecule has 0 spiro atoms. The first kappa shape index (κ1) is 42.8. The minimum absolute atomic E-state index is 0. The van der Waals surface area contributed by atoms with Gasteiger partial charge >= 0.3 is 0 Å². The van der Waals surface area contributed by atoms with Crippen molar-refractivity contribution in [1.29, 1.82) is 0 Å². The second-order valence-electron chi connectivity index (χ2n) is 11.6. The topological polar surface area (TPSA) is 83.1 Å². The molecule has 0 heterocycles. The van der Waals surface area contributed by atoms with Gasteiger partial charge in [0.05, 0.1) is 67.7 Å². The third kappa shape index (κ3) is 23.2. The van der Waals surface area contributed by atoms with Gasteiger partial charge in [-0.05, 0) is 26.7 Å². The first-order chi connectivity index (χ1) is 19.1. The highest BCUT2D eigenvalue weighted by molar-refractivity contribution is 5.85. The predicted molar refractivity (Wildman–Crippen MR) is 166 cm³/mol. The fourth-order valence-corrected chi connectivity index (χ4v) is 4.49. The fourth-order valence-electron chi connectivity index (χ4n) is 4.49. The summed E-state index contributed by atoms with van der Waals surface area (Å²) in [6.07, 6.45) is 3.40. The molecule has 1 amide bonds. The predicted octanol–water partition coefficient (Wildman–Crippen LogP) is 0.617. The number of nitrogens with one attached hydrogen (secondary N) is 1. The van der Waals surface area contributed by atoms with Crippen LogP contribution in [0, 0.1) is 0 Å². The molecule has 1 rings (SSSR count). The van der Waals surface area contributed by atoms with Gasteiger partial charge in [0, 0.05) is 43.7 Å². The van der Waals surface area contributed by atoms with Crippen LogP contribution >= 0.6 is 12.4 Å². The molecule has 0 atom stereocenters. The number of halogens is 2. The summed E-state index contributed by atoms with van der Waals surface area (Å²) in [4.78, 5) is 23.9. The summed E-state index contributed by atoms with van der Waals surface area (Å²) in [5.41, 5.74) is 2.64. The fraction of sp³-hybridized carbons (Fsp3) is 0.742. The van der Waals surface area contributed by atoms with Crippen molar-refractivity contribution >= 4 is 24.1 Å². The van der Waals surface area contributed by atoms with Gasteiger partial charge in [-0.25, -0.2) is 0 Å². The number of carbonyl (C=O) groups excluding carboxylic acids is 2. The van der Waals surface area contributed by atoms with E-state index in [0.29, 0.717) is 52.6 Å². The number of quaternary nitrogens is 2. The van der Waals surface area contributed by atoms with Crippen LogP contribution in [0.4, 0.5) is 0 Å². The molecule has 0 fully saturated rings. The van der Waals surface area contributed by atoms with E-state index in [1.807, 2.05) is 13.8 Å². The number of Topliss-reactive ketones (excluding diaryl/α,β-unsaturated/α-hetero) is 1. The molecule has 0 aliphatic rings. The summed E-state index contributed by atoms with van der Waals surface area (Å²) in [6, 6.07) is 8.95. The third-order valence-corrected chi connectivity index (χ3v) is 6.62. The Morgan fingerprint density at radius 2 is 1.14 bits per heavy atom. The zero-order valence-electron chi connectivity index (χ0n) is 27.0. The van der Waals surface area contributed by atoms with E-state index < -0.39 is 0 Å². The molecule has 42 heavy (non-hydrogen) atoms. The molecule has 0 aliphatic carbocycles. The molecule has 1 aromatic carbocycles. The maximum atomic E-state index is 12.0. The van der Waals surface area contributed by atoms with Crippen LogP contribution in [0.2, 0.25) is 0 Å².